The molecule has 2 aromatic heterocycles. The Morgan fingerprint density at radius 1 is 1.00 bits per heavy atom. The number of nitrogens with one attached hydrogen (secondary N) is 1. The zero-order valence-corrected chi connectivity index (χ0v) is 20.4. The van der Waals surface area contributed by atoms with Crippen molar-refractivity contribution in [1.29, 1.82) is 0 Å². The van der Waals surface area contributed by atoms with E-state index < -0.39 is 0 Å². The summed E-state index contributed by atoms with van der Waals surface area (Å²) in [5, 5.41) is 5.40. The molecule has 0 unspecified atom stereocenters. The van der Waals surface area contributed by atoms with Crippen LogP contribution >= 0.6 is 22.9 Å². The molecule has 6 rings (SSSR count). The van der Waals surface area contributed by atoms with Gasteiger partial charge in [-0.2, -0.15) is 0 Å². The minimum Gasteiger partial charge on any atom is -0.335 e. The lowest BCUT2D eigenvalue weighted by Crippen LogP contribution is -2.46. The fraction of sp³-hybridized carbons (Fsp3) is 0.444. The molecule has 172 valence electrons. The third-order valence-corrected chi connectivity index (χ3v) is 9.11. The van der Waals surface area contributed by atoms with Crippen molar-refractivity contribution in [2.45, 2.75) is 76.4 Å². The fourth-order valence-corrected chi connectivity index (χ4v) is 7.52. The van der Waals surface area contributed by atoms with E-state index in [0.29, 0.717) is 11.6 Å². The summed E-state index contributed by atoms with van der Waals surface area (Å²) in [6.07, 6.45) is 12.8. The van der Waals surface area contributed by atoms with Crippen LogP contribution in [0.15, 0.2) is 42.6 Å². The molecule has 1 saturated carbocycles. The average Bonchev–Trinajstić information content (AvgIpc) is 3.41. The van der Waals surface area contributed by atoms with Crippen LogP contribution in [0, 0.1) is 0 Å². The molecule has 3 aliphatic rings. The molecule has 1 N–H and O–H groups in total. The molecule has 0 spiro atoms. The van der Waals surface area contributed by atoms with Crippen molar-refractivity contribution >= 4 is 29.0 Å². The number of nitrogens with zero attached hydrogens (tertiary/aromatic N) is 2. The lowest BCUT2D eigenvalue weighted by atomic mass is 9.94. The summed E-state index contributed by atoms with van der Waals surface area (Å²) < 4.78 is 2.33. The van der Waals surface area contributed by atoms with Crippen LogP contribution in [0.25, 0.3) is 5.00 Å². The second-order valence-corrected chi connectivity index (χ2v) is 11.2. The van der Waals surface area contributed by atoms with Crippen molar-refractivity contribution in [3.8, 4) is 5.00 Å². The van der Waals surface area contributed by atoms with E-state index in [1.165, 1.54) is 53.1 Å². The van der Waals surface area contributed by atoms with Gasteiger partial charge in [0.15, 0.2) is 0 Å². The van der Waals surface area contributed by atoms with E-state index in [1.54, 1.807) is 0 Å². The predicted molar refractivity (Wildman–Crippen MR) is 135 cm³/mol. The summed E-state index contributed by atoms with van der Waals surface area (Å²) in [6.45, 7) is 0.637. The minimum absolute atomic E-state index is 0.0447. The van der Waals surface area contributed by atoms with Crippen LogP contribution in [0.1, 0.15) is 78.2 Å². The highest BCUT2D eigenvalue weighted by Crippen LogP contribution is 2.44. The molecule has 1 aromatic carbocycles. The second kappa shape index (κ2) is 8.84. The topological polar surface area (TPSA) is 37.3 Å². The van der Waals surface area contributed by atoms with E-state index in [2.05, 4.69) is 39.2 Å². The SMILES string of the molecule is O=C(NC1CCCCC1)N1Cc2c(sc3c2CCCC3)-n2cccc2[C@@H]1c1cccc(Cl)c1. The Morgan fingerprint density at radius 3 is 2.70 bits per heavy atom. The van der Waals surface area contributed by atoms with Gasteiger partial charge in [0.25, 0.3) is 0 Å². The fourth-order valence-electron chi connectivity index (χ4n) is 5.92. The van der Waals surface area contributed by atoms with Crippen LogP contribution in [0.4, 0.5) is 4.79 Å². The van der Waals surface area contributed by atoms with E-state index in [0.717, 1.165) is 36.9 Å². The van der Waals surface area contributed by atoms with Gasteiger partial charge in [0.1, 0.15) is 5.00 Å². The summed E-state index contributed by atoms with van der Waals surface area (Å²) in [7, 11) is 0. The Balaban J connectivity index is 1.47. The maximum absolute atomic E-state index is 13.9. The zero-order chi connectivity index (χ0) is 22.4. The van der Waals surface area contributed by atoms with E-state index in [1.807, 2.05) is 29.5 Å². The van der Waals surface area contributed by atoms with Crippen LogP contribution in [-0.4, -0.2) is 21.5 Å². The molecule has 2 amide bonds. The highest BCUT2D eigenvalue weighted by atomic mass is 35.5. The van der Waals surface area contributed by atoms with Crippen molar-refractivity contribution in [3.63, 3.8) is 0 Å². The molecule has 1 fully saturated rings. The molecule has 6 heteroatoms. The Labute approximate surface area is 204 Å². The van der Waals surface area contributed by atoms with Crippen LogP contribution < -0.4 is 5.32 Å². The average molecular weight is 480 g/mol. The summed E-state index contributed by atoms with van der Waals surface area (Å²) in [6, 6.07) is 12.4. The van der Waals surface area contributed by atoms with Crippen molar-refractivity contribution in [1.82, 2.24) is 14.8 Å². The number of fused-ring (bicyclic) bond motifs is 5. The number of hydrogen-bond donors (Lipinski definition) is 1. The van der Waals surface area contributed by atoms with Crippen molar-refractivity contribution < 1.29 is 4.79 Å². The van der Waals surface area contributed by atoms with Gasteiger partial charge in [0.2, 0.25) is 0 Å². The number of carbonyl (C=O) groups excluding carboxylic acids is 1. The second-order valence-electron chi connectivity index (χ2n) is 9.67. The van der Waals surface area contributed by atoms with Gasteiger partial charge in [0.05, 0.1) is 18.3 Å². The quantitative estimate of drug-likeness (QED) is 0.421. The number of aryl methyl sites for hydroxylation is 1. The molecule has 3 heterocycles. The number of thiophene rings is 1. The molecule has 3 aromatic rings. The summed E-state index contributed by atoms with van der Waals surface area (Å²) >= 11 is 8.35. The van der Waals surface area contributed by atoms with Crippen LogP contribution in [0.5, 0.6) is 0 Å². The van der Waals surface area contributed by atoms with Gasteiger partial charge in [-0.15, -0.1) is 11.3 Å². The number of amides is 2. The van der Waals surface area contributed by atoms with Gasteiger partial charge in [-0.25, -0.2) is 4.79 Å². The van der Waals surface area contributed by atoms with Gasteiger partial charge in [0, 0.05) is 27.7 Å². The Hall–Kier alpha value is -2.24. The number of halogens is 1. The van der Waals surface area contributed by atoms with E-state index in [9.17, 15) is 4.79 Å². The molecule has 1 aliphatic heterocycles. The molecule has 0 bridgehead atoms. The van der Waals surface area contributed by atoms with Gasteiger partial charge < -0.3 is 14.8 Å². The molecule has 2 aliphatic carbocycles. The Kier molecular flexibility index (Phi) is 5.71. The third kappa shape index (κ3) is 3.89. The van der Waals surface area contributed by atoms with Crippen LogP contribution in [0.2, 0.25) is 5.02 Å². The van der Waals surface area contributed by atoms with E-state index in [4.69, 9.17) is 11.6 Å². The van der Waals surface area contributed by atoms with Crippen molar-refractivity contribution in [2.75, 3.05) is 0 Å². The maximum atomic E-state index is 13.9. The minimum atomic E-state index is -0.180. The first-order chi connectivity index (χ1) is 16.2. The zero-order valence-electron chi connectivity index (χ0n) is 18.9. The van der Waals surface area contributed by atoms with Crippen LogP contribution in [0.3, 0.4) is 0 Å². The number of rotatable bonds is 2. The molecule has 33 heavy (non-hydrogen) atoms. The number of hydrogen-bond acceptors (Lipinski definition) is 2. The molecule has 0 saturated heterocycles. The third-order valence-electron chi connectivity index (χ3n) is 7.54. The maximum Gasteiger partial charge on any atom is 0.318 e. The first-order valence-electron chi connectivity index (χ1n) is 12.3. The van der Waals surface area contributed by atoms with Crippen molar-refractivity contribution in [2.24, 2.45) is 0 Å². The lowest BCUT2D eigenvalue weighted by molar-refractivity contribution is 0.173. The number of aromatic nitrogens is 1. The van der Waals surface area contributed by atoms with E-state index >= 15 is 0 Å². The highest BCUT2D eigenvalue weighted by molar-refractivity contribution is 7.15. The standard InChI is InChI=1S/C27H30ClN3OS/c28-19-9-6-8-18(16-19)25-23-13-7-15-30(23)26-22(21-12-4-5-14-24(21)33-26)17-31(25)27(32)29-20-10-2-1-3-11-20/h6-9,13,15-16,20,25H,1-5,10-12,14,17H2,(H,29,32)/t25-/m0/s1. The number of urea groups is 1. The van der Waals surface area contributed by atoms with Gasteiger partial charge in [-0.05, 0) is 73.9 Å². The molecular weight excluding hydrogens is 450 g/mol. The van der Waals surface area contributed by atoms with Crippen LogP contribution in [-0.2, 0) is 19.4 Å². The summed E-state index contributed by atoms with van der Waals surface area (Å²) in [5.41, 5.74) is 5.03. The van der Waals surface area contributed by atoms with Crippen molar-refractivity contribution in [3.05, 3.63) is 74.9 Å². The van der Waals surface area contributed by atoms with E-state index in [-0.39, 0.29) is 18.1 Å². The van der Waals surface area contributed by atoms with Gasteiger partial charge in [-0.3, -0.25) is 0 Å². The molecule has 1 atom stereocenters. The normalized spacial score (nSPS) is 20.5. The van der Waals surface area contributed by atoms with Gasteiger partial charge >= 0.3 is 6.03 Å². The molecule has 0 radical (unpaired) electrons. The lowest BCUT2D eigenvalue weighted by Gasteiger charge is -2.34. The smallest absolute Gasteiger partial charge is 0.318 e. The van der Waals surface area contributed by atoms with Gasteiger partial charge in [-0.1, -0.05) is 43.0 Å². The Bertz CT molecular complexity index is 1180. The first-order valence-corrected chi connectivity index (χ1v) is 13.5. The summed E-state index contributed by atoms with van der Waals surface area (Å²) in [5.74, 6) is 0. The molecule has 4 nitrogen and oxygen atoms in total. The monoisotopic (exact) mass is 479 g/mol. The first kappa shape index (κ1) is 21.3. The number of carbonyl (C=O) groups is 1. The summed E-state index contributed by atoms with van der Waals surface area (Å²) in [4.78, 5) is 17.5. The number of benzene rings is 1. The Morgan fingerprint density at radius 2 is 1.85 bits per heavy atom. The highest BCUT2D eigenvalue weighted by Gasteiger charge is 2.36. The molecular formula is C27H30ClN3OS. The largest absolute Gasteiger partial charge is 0.335 e. The predicted octanol–water partition coefficient (Wildman–Crippen LogP) is 7.02.